The Kier molecular flexibility index (Phi) is 3.50. The molecule has 4 nitrogen and oxygen atoms in total. The van der Waals surface area contributed by atoms with Crippen LogP contribution in [0.3, 0.4) is 0 Å². The average molecular weight is 315 g/mol. The third-order valence-corrected chi connectivity index (χ3v) is 4.26. The highest BCUT2D eigenvalue weighted by Gasteiger charge is 2.14. The summed E-state index contributed by atoms with van der Waals surface area (Å²) in [5.74, 6) is 0. The van der Waals surface area contributed by atoms with Gasteiger partial charge in [0.2, 0.25) is 0 Å². The second kappa shape index (κ2) is 5.81. The number of hydrogen-bond donors (Lipinski definition) is 2. The Bertz CT molecular complexity index is 1000. The number of rotatable bonds is 3. The van der Waals surface area contributed by atoms with Crippen LogP contribution in [0, 0.1) is 6.92 Å². The van der Waals surface area contributed by atoms with Gasteiger partial charge in [-0.2, -0.15) is 0 Å². The molecule has 1 aliphatic rings. The van der Waals surface area contributed by atoms with Gasteiger partial charge in [-0.1, -0.05) is 48.0 Å². The maximum atomic E-state index is 12.2. The molecular weight excluding hydrogens is 298 g/mol. The van der Waals surface area contributed by atoms with Gasteiger partial charge in [0.1, 0.15) is 0 Å². The van der Waals surface area contributed by atoms with Crippen molar-refractivity contribution in [1.82, 2.24) is 10.2 Å². The predicted molar refractivity (Wildman–Crippen MR) is 97.9 cm³/mol. The number of aryl methyl sites for hydroxylation is 1. The lowest BCUT2D eigenvalue weighted by Gasteiger charge is -2.02. The summed E-state index contributed by atoms with van der Waals surface area (Å²) in [6.45, 7) is 2.06. The van der Waals surface area contributed by atoms with Crippen LogP contribution < -0.4 is 5.56 Å². The molecule has 0 aliphatic carbocycles. The standard InChI is InChI=1S/C20H17N3O/c1-13-6-8-14(9-7-13)10-19-17(20(24)23-22-19)11-15-12-21-18-5-3-2-4-16(15)18/h2-9,11-12H,10H2,1H3,(H2,22,23,24). The number of nitrogens with zero attached hydrogens (tertiary/aromatic N) is 1. The van der Waals surface area contributed by atoms with Crippen molar-refractivity contribution >= 4 is 23.6 Å². The second-order valence-corrected chi connectivity index (χ2v) is 6.01. The highest BCUT2D eigenvalue weighted by atomic mass is 16.1. The zero-order valence-electron chi connectivity index (χ0n) is 13.3. The fourth-order valence-corrected chi connectivity index (χ4v) is 2.92. The van der Waals surface area contributed by atoms with Crippen molar-refractivity contribution in [3.8, 4) is 0 Å². The summed E-state index contributed by atoms with van der Waals surface area (Å²) < 4.78 is 0. The van der Waals surface area contributed by atoms with E-state index < -0.39 is 0 Å². The number of hydrogen-bond acceptors (Lipinski definition) is 2. The molecule has 0 atom stereocenters. The predicted octanol–water partition coefficient (Wildman–Crippen LogP) is 3.86. The van der Waals surface area contributed by atoms with E-state index in [0.717, 1.165) is 28.1 Å². The van der Waals surface area contributed by atoms with Gasteiger partial charge in [0, 0.05) is 29.5 Å². The second-order valence-electron chi connectivity index (χ2n) is 6.01. The summed E-state index contributed by atoms with van der Waals surface area (Å²) in [6.07, 6.45) is 4.40. The molecule has 2 N–H and O–H groups in total. The summed E-state index contributed by atoms with van der Waals surface area (Å²) in [6, 6.07) is 16.3. The summed E-state index contributed by atoms with van der Waals surface area (Å²) in [5, 5.41) is 5.71. The first-order valence-corrected chi connectivity index (χ1v) is 7.91. The fraction of sp³-hybridized carbons (Fsp3) is 0.100. The van der Waals surface area contributed by atoms with E-state index in [2.05, 4.69) is 46.4 Å². The minimum absolute atomic E-state index is 0.109. The van der Waals surface area contributed by atoms with Crippen LogP contribution in [0.1, 0.15) is 27.9 Å². The van der Waals surface area contributed by atoms with E-state index in [1.165, 1.54) is 5.56 Å². The number of benzene rings is 2. The molecule has 0 radical (unpaired) electrons. The van der Waals surface area contributed by atoms with Crippen LogP contribution in [-0.2, 0) is 6.42 Å². The van der Waals surface area contributed by atoms with Crippen LogP contribution in [0.15, 0.2) is 58.3 Å². The van der Waals surface area contributed by atoms with Crippen LogP contribution in [-0.4, -0.2) is 16.4 Å². The minimum Gasteiger partial charge on any atom is -0.301 e. The molecule has 3 aromatic rings. The first-order chi connectivity index (χ1) is 11.7. The Balaban J connectivity index is 1.71. The normalized spacial score (nSPS) is 14.3. The van der Waals surface area contributed by atoms with Crippen LogP contribution >= 0.6 is 0 Å². The smallest absolute Gasteiger partial charge is 0.271 e. The largest absolute Gasteiger partial charge is 0.301 e. The highest BCUT2D eigenvalue weighted by Crippen LogP contribution is 2.32. The summed E-state index contributed by atoms with van der Waals surface area (Å²) in [5.41, 5.74) is 6.78. The molecule has 0 unspecified atom stereocenters. The molecule has 0 saturated heterocycles. The van der Waals surface area contributed by atoms with Gasteiger partial charge in [0.05, 0.1) is 11.3 Å². The lowest BCUT2D eigenvalue weighted by atomic mass is 10.0. The highest BCUT2D eigenvalue weighted by molar-refractivity contribution is 6.21. The Morgan fingerprint density at radius 3 is 2.67 bits per heavy atom. The van der Waals surface area contributed by atoms with E-state index in [4.69, 9.17) is 0 Å². The van der Waals surface area contributed by atoms with E-state index in [-0.39, 0.29) is 5.56 Å². The lowest BCUT2D eigenvalue weighted by molar-refractivity contribution is 0.982. The third kappa shape index (κ3) is 2.63. The summed E-state index contributed by atoms with van der Waals surface area (Å²) in [7, 11) is 0. The molecule has 2 heterocycles. The Labute approximate surface area is 139 Å². The van der Waals surface area contributed by atoms with Crippen molar-refractivity contribution < 1.29 is 0 Å². The molecule has 118 valence electrons. The topological polar surface area (TPSA) is 61.0 Å². The molecule has 24 heavy (non-hydrogen) atoms. The molecule has 2 aromatic carbocycles. The van der Waals surface area contributed by atoms with Crippen molar-refractivity contribution in [1.29, 1.82) is 0 Å². The van der Waals surface area contributed by atoms with Gasteiger partial charge in [0.25, 0.3) is 5.56 Å². The van der Waals surface area contributed by atoms with Gasteiger partial charge in [-0.05, 0) is 24.6 Å². The van der Waals surface area contributed by atoms with Gasteiger partial charge in [-0.25, -0.2) is 0 Å². The van der Waals surface area contributed by atoms with Gasteiger partial charge >= 0.3 is 0 Å². The summed E-state index contributed by atoms with van der Waals surface area (Å²) >= 11 is 0. The molecule has 0 amide bonds. The average Bonchev–Trinajstić information content (AvgIpc) is 3.16. The molecule has 0 saturated carbocycles. The van der Waals surface area contributed by atoms with Crippen LogP contribution in [0.5, 0.6) is 0 Å². The molecule has 1 aromatic heterocycles. The Morgan fingerprint density at radius 1 is 1.04 bits per heavy atom. The first kappa shape index (κ1) is 14.5. The molecular formula is C20H17N3O. The number of aliphatic imine (C=N–C) groups is 1. The fourth-order valence-electron chi connectivity index (χ4n) is 2.92. The number of aromatic amines is 2. The SMILES string of the molecule is Cc1ccc(Cc2[nH][nH]c(=O)c2C=C2C=Nc3ccccc32)cc1. The van der Waals surface area contributed by atoms with E-state index in [1.807, 2.05) is 36.6 Å². The lowest BCUT2D eigenvalue weighted by Crippen LogP contribution is -2.03. The Hall–Kier alpha value is -3.14. The number of fused-ring (bicyclic) bond motifs is 1. The number of allylic oxidation sites excluding steroid dienone is 1. The Morgan fingerprint density at radius 2 is 1.83 bits per heavy atom. The maximum Gasteiger partial charge on any atom is 0.271 e. The molecule has 0 spiro atoms. The van der Waals surface area contributed by atoms with Crippen molar-refractivity contribution in [3.05, 3.63) is 86.8 Å². The van der Waals surface area contributed by atoms with E-state index in [9.17, 15) is 4.79 Å². The van der Waals surface area contributed by atoms with Gasteiger partial charge < -0.3 is 5.10 Å². The maximum absolute atomic E-state index is 12.2. The quantitative estimate of drug-likeness (QED) is 0.757. The van der Waals surface area contributed by atoms with Gasteiger partial charge in [-0.15, -0.1) is 0 Å². The third-order valence-electron chi connectivity index (χ3n) is 4.26. The molecule has 4 heteroatoms. The number of nitrogens with one attached hydrogen (secondary N) is 2. The monoisotopic (exact) mass is 315 g/mol. The summed E-state index contributed by atoms with van der Waals surface area (Å²) in [4.78, 5) is 16.6. The molecule has 4 rings (SSSR count). The number of aromatic nitrogens is 2. The van der Waals surface area contributed by atoms with Gasteiger partial charge in [-0.3, -0.25) is 14.9 Å². The molecule has 0 bridgehead atoms. The zero-order valence-corrected chi connectivity index (χ0v) is 13.3. The van der Waals surface area contributed by atoms with E-state index >= 15 is 0 Å². The van der Waals surface area contributed by atoms with E-state index in [1.54, 1.807) is 0 Å². The van der Waals surface area contributed by atoms with Crippen molar-refractivity contribution in [2.24, 2.45) is 4.99 Å². The van der Waals surface area contributed by atoms with Crippen molar-refractivity contribution in [2.75, 3.05) is 0 Å². The number of H-pyrrole nitrogens is 2. The number of para-hydroxylation sites is 1. The van der Waals surface area contributed by atoms with Crippen LogP contribution in [0.2, 0.25) is 0 Å². The minimum atomic E-state index is -0.109. The van der Waals surface area contributed by atoms with Crippen molar-refractivity contribution in [3.63, 3.8) is 0 Å². The molecule has 0 fully saturated rings. The van der Waals surface area contributed by atoms with Crippen LogP contribution in [0.25, 0.3) is 11.6 Å². The molecule has 1 aliphatic heterocycles. The van der Waals surface area contributed by atoms with Crippen molar-refractivity contribution in [2.45, 2.75) is 13.3 Å². The van der Waals surface area contributed by atoms with Gasteiger partial charge in [0.15, 0.2) is 0 Å². The van der Waals surface area contributed by atoms with E-state index in [0.29, 0.717) is 12.0 Å². The van der Waals surface area contributed by atoms with Crippen LogP contribution in [0.4, 0.5) is 5.69 Å². The first-order valence-electron chi connectivity index (χ1n) is 7.91. The zero-order chi connectivity index (χ0) is 16.5.